The van der Waals surface area contributed by atoms with Crippen LogP contribution in [0.3, 0.4) is 0 Å². The number of hydrogen-bond donors (Lipinski definition) is 1. The molecule has 6 nitrogen and oxygen atoms in total. The largest absolute Gasteiger partial charge is 0.467 e. The maximum absolute atomic E-state index is 11.9. The third kappa shape index (κ3) is 5.95. The second-order valence-electron chi connectivity index (χ2n) is 5.87. The number of carbonyl (C=O) groups excluding carboxylic acids is 2. The first kappa shape index (κ1) is 17.8. The predicted molar refractivity (Wildman–Crippen MR) is 83.7 cm³/mol. The molecule has 0 saturated heterocycles. The van der Waals surface area contributed by atoms with E-state index in [1.807, 2.05) is 6.26 Å². The smallest absolute Gasteiger partial charge is 0.408 e. The van der Waals surface area contributed by atoms with Gasteiger partial charge >= 0.3 is 12.1 Å². The average molecular weight is 316 g/mol. The summed E-state index contributed by atoms with van der Waals surface area (Å²) >= 11 is 1.58. The highest BCUT2D eigenvalue weighted by Crippen LogP contribution is 2.25. The molecule has 21 heavy (non-hydrogen) atoms. The maximum atomic E-state index is 11.9. The Morgan fingerprint density at radius 3 is 2.67 bits per heavy atom. The molecule has 0 aromatic heterocycles. The summed E-state index contributed by atoms with van der Waals surface area (Å²) in [4.78, 5) is 28.1. The third-order valence-corrected chi connectivity index (χ3v) is 3.88. The fraction of sp³-hybridized carbons (Fsp3) is 0.786. The van der Waals surface area contributed by atoms with Crippen LogP contribution in [0.15, 0.2) is 4.99 Å². The number of hydrogen-bond acceptors (Lipinski definition) is 6. The van der Waals surface area contributed by atoms with Crippen LogP contribution in [0.1, 0.15) is 33.6 Å². The number of rotatable bonds is 4. The van der Waals surface area contributed by atoms with Gasteiger partial charge in [-0.3, -0.25) is 4.99 Å². The number of carbonyl (C=O) groups is 2. The second-order valence-corrected chi connectivity index (χ2v) is 6.69. The average Bonchev–Trinajstić information content (AvgIpc) is 2.82. The summed E-state index contributed by atoms with van der Waals surface area (Å²) < 4.78 is 9.95. The van der Waals surface area contributed by atoms with E-state index >= 15 is 0 Å². The number of amides is 1. The van der Waals surface area contributed by atoms with E-state index in [1.165, 1.54) is 7.11 Å². The lowest BCUT2D eigenvalue weighted by Gasteiger charge is -2.24. The van der Waals surface area contributed by atoms with Gasteiger partial charge in [-0.25, -0.2) is 9.59 Å². The van der Waals surface area contributed by atoms with Crippen LogP contribution in [0.4, 0.5) is 4.79 Å². The number of methoxy groups -OCH3 is 1. The Morgan fingerprint density at radius 2 is 2.14 bits per heavy atom. The number of nitrogens with zero attached hydrogens (tertiary/aromatic N) is 1. The van der Waals surface area contributed by atoms with Gasteiger partial charge in [0.05, 0.1) is 12.2 Å². The Morgan fingerprint density at radius 1 is 1.48 bits per heavy atom. The molecule has 1 aliphatic rings. The third-order valence-electron chi connectivity index (χ3n) is 3.00. The van der Waals surface area contributed by atoms with E-state index in [4.69, 9.17) is 9.47 Å². The molecule has 2 atom stereocenters. The monoisotopic (exact) mass is 316 g/mol. The zero-order chi connectivity index (χ0) is 16.0. The van der Waals surface area contributed by atoms with Crippen LogP contribution in [0.25, 0.3) is 0 Å². The van der Waals surface area contributed by atoms with Crippen LogP contribution in [-0.2, 0) is 14.3 Å². The number of aliphatic imine (C=N–C) groups is 1. The normalized spacial score (nSPS) is 19.7. The van der Waals surface area contributed by atoms with Crippen molar-refractivity contribution in [3.8, 4) is 0 Å². The molecule has 0 aliphatic carbocycles. The van der Waals surface area contributed by atoms with Crippen molar-refractivity contribution in [2.24, 2.45) is 10.9 Å². The second kappa shape index (κ2) is 7.68. The van der Waals surface area contributed by atoms with Gasteiger partial charge in [0.25, 0.3) is 0 Å². The molecule has 120 valence electrons. The topological polar surface area (TPSA) is 77.0 Å². The molecule has 1 N–H and O–H groups in total. The highest BCUT2D eigenvalue weighted by Gasteiger charge is 2.31. The highest BCUT2D eigenvalue weighted by molar-refractivity contribution is 8.13. The van der Waals surface area contributed by atoms with Gasteiger partial charge in [-0.1, -0.05) is 0 Å². The minimum Gasteiger partial charge on any atom is -0.467 e. The van der Waals surface area contributed by atoms with Crippen molar-refractivity contribution in [2.45, 2.75) is 45.3 Å². The van der Waals surface area contributed by atoms with Crippen LogP contribution in [-0.4, -0.2) is 48.7 Å². The zero-order valence-electron chi connectivity index (χ0n) is 13.3. The van der Waals surface area contributed by atoms with E-state index in [0.29, 0.717) is 6.42 Å². The minimum absolute atomic E-state index is 0.180. The van der Waals surface area contributed by atoms with E-state index in [0.717, 1.165) is 18.0 Å². The Hall–Kier alpha value is -1.24. The zero-order valence-corrected chi connectivity index (χ0v) is 14.1. The van der Waals surface area contributed by atoms with E-state index in [9.17, 15) is 9.59 Å². The first-order valence-corrected chi connectivity index (χ1v) is 8.15. The molecule has 1 aliphatic heterocycles. The summed E-state index contributed by atoms with van der Waals surface area (Å²) in [5.74, 6) is -0.285. The molecule has 7 heteroatoms. The SMILES string of the molecule is COC(=O)[C@H](C[C@@H]1CCN=C1SC)NC(=O)OC(C)(C)C. The molecule has 0 aromatic rings. The van der Waals surface area contributed by atoms with Crippen LogP contribution in [0, 0.1) is 5.92 Å². The molecular formula is C14H24N2O4S. The Labute approximate surface area is 130 Å². The molecule has 0 bridgehead atoms. The fourth-order valence-electron chi connectivity index (χ4n) is 2.12. The Kier molecular flexibility index (Phi) is 6.51. The van der Waals surface area contributed by atoms with Gasteiger partial charge in [-0.05, 0) is 39.9 Å². The van der Waals surface area contributed by atoms with Crippen LogP contribution in [0.2, 0.25) is 0 Å². The van der Waals surface area contributed by atoms with Crippen molar-refractivity contribution in [3.05, 3.63) is 0 Å². The number of ether oxygens (including phenoxy) is 2. The summed E-state index contributed by atoms with van der Waals surface area (Å²) in [6.07, 6.45) is 2.72. The van der Waals surface area contributed by atoms with Gasteiger partial charge in [0.15, 0.2) is 0 Å². The molecule has 1 heterocycles. The summed E-state index contributed by atoms with van der Waals surface area (Å²) in [5, 5.41) is 3.62. The molecule has 0 radical (unpaired) electrons. The fourth-order valence-corrected chi connectivity index (χ4v) is 2.89. The molecule has 0 unspecified atom stereocenters. The lowest BCUT2D eigenvalue weighted by atomic mass is 9.99. The molecule has 1 rings (SSSR count). The van der Waals surface area contributed by atoms with Gasteiger partial charge in [-0.2, -0.15) is 0 Å². The molecule has 0 fully saturated rings. The van der Waals surface area contributed by atoms with Gasteiger partial charge in [0.1, 0.15) is 11.6 Å². The van der Waals surface area contributed by atoms with Crippen molar-refractivity contribution in [1.29, 1.82) is 0 Å². The molecule has 1 amide bonds. The standard InChI is InChI=1S/C14H24N2O4S/c1-14(2,3)20-13(18)16-10(12(17)19-4)8-9-6-7-15-11(9)21-5/h9-10H,6-8H2,1-5H3,(H,16,18)/t9-,10-/m0/s1. The molecule has 0 saturated carbocycles. The Bertz CT molecular complexity index is 418. The lowest BCUT2D eigenvalue weighted by molar-refractivity contribution is -0.143. The lowest BCUT2D eigenvalue weighted by Crippen LogP contribution is -2.45. The summed E-state index contributed by atoms with van der Waals surface area (Å²) in [6, 6.07) is -0.717. The van der Waals surface area contributed by atoms with Crippen LogP contribution < -0.4 is 5.32 Å². The van der Waals surface area contributed by atoms with Gasteiger partial charge < -0.3 is 14.8 Å². The van der Waals surface area contributed by atoms with Crippen LogP contribution >= 0.6 is 11.8 Å². The van der Waals surface area contributed by atoms with Gasteiger partial charge in [0, 0.05) is 12.5 Å². The number of alkyl carbamates (subject to hydrolysis) is 1. The van der Waals surface area contributed by atoms with Gasteiger partial charge in [-0.15, -0.1) is 11.8 Å². The first-order chi connectivity index (χ1) is 9.76. The van der Waals surface area contributed by atoms with Crippen molar-refractivity contribution in [3.63, 3.8) is 0 Å². The molecule has 0 spiro atoms. The van der Waals surface area contributed by atoms with Gasteiger partial charge in [0.2, 0.25) is 0 Å². The predicted octanol–water partition coefficient (Wildman–Crippen LogP) is 2.22. The highest BCUT2D eigenvalue weighted by atomic mass is 32.2. The van der Waals surface area contributed by atoms with Crippen molar-refractivity contribution < 1.29 is 19.1 Å². The van der Waals surface area contributed by atoms with E-state index in [2.05, 4.69) is 10.3 Å². The van der Waals surface area contributed by atoms with E-state index in [-0.39, 0.29) is 5.92 Å². The maximum Gasteiger partial charge on any atom is 0.408 e. The summed E-state index contributed by atoms with van der Waals surface area (Å²) in [5.41, 5.74) is -0.607. The van der Waals surface area contributed by atoms with Crippen molar-refractivity contribution in [1.82, 2.24) is 5.32 Å². The van der Waals surface area contributed by atoms with E-state index < -0.39 is 23.7 Å². The summed E-state index contributed by atoms with van der Waals surface area (Å²) in [7, 11) is 1.31. The van der Waals surface area contributed by atoms with Crippen molar-refractivity contribution in [2.75, 3.05) is 19.9 Å². The Balaban J connectivity index is 2.66. The van der Waals surface area contributed by atoms with Crippen LogP contribution in [0.5, 0.6) is 0 Å². The number of nitrogens with one attached hydrogen (secondary N) is 1. The molecule has 0 aromatic carbocycles. The minimum atomic E-state index is -0.717. The summed E-state index contributed by atoms with van der Waals surface area (Å²) in [6.45, 7) is 6.08. The first-order valence-electron chi connectivity index (χ1n) is 6.92. The quantitative estimate of drug-likeness (QED) is 0.805. The molecular weight excluding hydrogens is 292 g/mol. The number of esters is 1. The van der Waals surface area contributed by atoms with E-state index in [1.54, 1.807) is 32.5 Å². The number of thioether (sulfide) groups is 1. The van der Waals surface area contributed by atoms with Crippen molar-refractivity contribution >= 4 is 28.9 Å².